The molecule has 5 heterocycles. The first-order chi connectivity index (χ1) is 14.5. The van der Waals surface area contributed by atoms with Gasteiger partial charge in [0.1, 0.15) is 24.1 Å². The fourth-order valence-corrected chi connectivity index (χ4v) is 3.65. The third-order valence-electron chi connectivity index (χ3n) is 4.99. The number of anilines is 1. The molecular formula is C19H16FN7O3. The van der Waals surface area contributed by atoms with Crippen LogP contribution in [0.5, 0.6) is 5.88 Å². The number of carbonyl (C=O) groups excluding carboxylic acids is 1. The van der Waals surface area contributed by atoms with Crippen LogP contribution in [-0.4, -0.2) is 44.7 Å². The molecule has 1 fully saturated rings. The molecule has 2 unspecified atom stereocenters. The highest BCUT2D eigenvalue weighted by Gasteiger charge is 2.34. The van der Waals surface area contributed by atoms with Crippen LogP contribution in [0.1, 0.15) is 41.0 Å². The van der Waals surface area contributed by atoms with Gasteiger partial charge in [-0.05, 0) is 13.0 Å². The molecular weight excluding hydrogens is 393 g/mol. The zero-order valence-electron chi connectivity index (χ0n) is 15.9. The average Bonchev–Trinajstić information content (AvgIpc) is 3.36. The highest BCUT2D eigenvalue weighted by atomic mass is 19.1. The number of halogens is 1. The highest BCUT2D eigenvalue weighted by molar-refractivity contribution is 6.02. The molecule has 0 radical (unpaired) electrons. The first kappa shape index (κ1) is 18.3. The first-order valence-corrected chi connectivity index (χ1v) is 9.36. The number of hydrogen-bond donors (Lipinski definition) is 1. The maximum absolute atomic E-state index is 14.0. The third-order valence-corrected chi connectivity index (χ3v) is 4.99. The van der Waals surface area contributed by atoms with E-state index >= 15 is 0 Å². The number of ether oxygens (including phenoxy) is 1. The molecule has 5 rings (SSSR count). The van der Waals surface area contributed by atoms with Gasteiger partial charge in [0.05, 0.1) is 24.9 Å². The van der Waals surface area contributed by atoms with Crippen LogP contribution in [0.2, 0.25) is 0 Å². The number of amides is 1. The molecule has 2 bridgehead atoms. The summed E-state index contributed by atoms with van der Waals surface area (Å²) in [7, 11) is 0. The van der Waals surface area contributed by atoms with E-state index in [9.17, 15) is 14.4 Å². The Hall–Kier alpha value is -3.78. The van der Waals surface area contributed by atoms with Crippen molar-refractivity contribution in [1.82, 2.24) is 24.9 Å². The number of nitriles is 1. The Kier molecular flexibility index (Phi) is 4.22. The summed E-state index contributed by atoms with van der Waals surface area (Å²) in [6.45, 7) is 2.24. The number of rotatable bonds is 0. The molecule has 3 aromatic heterocycles. The Morgan fingerprint density at radius 1 is 1.43 bits per heavy atom. The molecule has 1 amide bonds. The summed E-state index contributed by atoms with van der Waals surface area (Å²) in [5.74, 6) is -0.326. The zero-order chi connectivity index (χ0) is 20.8. The molecule has 1 saturated heterocycles. The lowest BCUT2D eigenvalue weighted by Gasteiger charge is -2.25. The molecule has 3 aromatic rings. The van der Waals surface area contributed by atoms with Gasteiger partial charge in [0, 0.05) is 24.2 Å². The predicted octanol–water partition coefficient (Wildman–Crippen LogP) is 1.53. The lowest BCUT2D eigenvalue weighted by molar-refractivity contribution is 0.0927. The summed E-state index contributed by atoms with van der Waals surface area (Å²) in [5.41, 5.74) is 0.785. The van der Waals surface area contributed by atoms with Crippen molar-refractivity contribution in [1.29, 1.82) is 5.26 Å². The number of hydrogen-bond acceptors (Lipinski definition) is 8. The number of nitrogens with zero attached hydrogens (tertiary/aromatic N) is 6. The van der Waals surface area contributed by atoms with Crippen molar-refractivity contribution in [3.05, 3.63) is 47.2 Å². The summed E-state index contributed by atoms with van der Waals surface area (Å²) >= 11 is 0. The van der Waals surface area contributed by atoms with Gasteiger partial charge in [0.2, 0.25) is 5.88 Å². The summed E-state index contributed by atoms with van der Waals surface area (Å²) < 4.78 is 21.2. The molecule has 1 N–H and O–H groups in total. The molecule has 2 aliphatic rings. The number of carbonyl (C=O) groups is 1. The van der Waals surface area contributed by atoms with Crippen molar-refractivity contribution in [2.75, 3.05) is 18.3 Å². The zero-order valence-corrected chi connectivity index (χ0v) is 15.9. The molecule has 0 aromatic carbocycles. The fraction of sp³-hybridized carbons (Fsp3) is 0.316. The topological polar surface area (TPSA) is 118 Å². The minimum absolute atomic E-state index is 0.0361. The maximum atomic E-state index is 14.0. The van der Waals surface area contributed by atoms with Crippen LogP contribution >= 0.6 is 0 Å². The minimum atomic E-state index is -0.493. The van der Waals surface area contributed by atoms with Crippen molar-refractivity contribution < 1.29 is 18.8 Å². The molecule has 0 aliphatic carbocycles. The van der Waals surface area contributed by atoms with E-state index in [0.29, 0.717) is 24.4 Å². The molecule has 30 heavy (non-hydrogen) atoms. The summed E-state index contributed by atoms with van der Waals surface area (Å²) in [4.78, 5) is 27.3. The van der Waals surface area contributed by atoms with E-state index in [-0.39, 0.29) is 35.4 Å². The van der Waals surface area contributed by atoms with Gasteiger partial charge in [-0.3, -0.25) is 9.63 Å². The van der Waals surface area contributed by atoms with E-state index in [4.69, 9.17) is 9.57 Å². The number of aromatic nitrogens is 4. The minimum Gasteiger partial charge on any atom is -0.475 e. The van der Waals surface area contributed by atoms with E-state index in [2.05, 4.69) is 20.4 Å². The van der Waals surface area contributed by atoms with Crippen molar-refractivity contribution in [3.8, 4) is 11.9 Å². The smallest absolute Gasteiger partial charge is 0.258 e. The standard InChI is InChI=1S/C19H16FN7O3/c1-10-9-29-19-12(6-11(20)8-22-19)14-3-5-30-27(14)15-2-4-26-17(24-15)16(18(28)23-10)13(7-21)25-26/h2,4,6,8,10,14H,3,5,9H2,1H3,(H,23,28). The Labute approximate surface area is 169 Å². The summed E-state index contributed by atoms with van der Waals surface area (Å²) in [6, 6.07) is 4.15. The number of fused-ring (bicyclic) bond motifs is 5. The van der Waals surface area contributed by atoms with Gasteiger partial charge in [0.15, 0.2) is 17.2 Å². The number of pyridine rings is 1. The van der Waals surface area contributed by atoms with Crippen molar-refractivity contribution in [3.63, 3.8) is 0 Å². The van der Waals surface area contributed by atoms with Gasteiger partial charge >= 0.3 is 0 Å². The SMILES string of the molecule is CC1COc2ncc(F)cc2C2CCON2c2ccn3nc(C#N)c(c3n2)C(=O)N1. The van der Waals surface area contributed by atoms with Gasteiger partial charge in [-0.1, -0.05) is 0 Å². The average molecular weight is 409 g/mol. The maximum Gasteiger partial charge on any atom is 0.258 e. The van der Waals surface area contributed by atoms with Crippen LogP contribution in [0.25, 0.3) is 5.65 Å². The summed E-state index contributed by atoms with van der Waals surface area (Å²) in [6.07, 6.45) is 3.25. The van der Waals surface area contributed by atoms with Gasteiger partial charge in [-0.25, -0.2) is 23.9 Å². The molecule has 152 valence electrons. The normalized spacial score (nSPS) is 21.0. The highest BCUT2D eigenvalue weighted by Crippen LogP contribution is 2.38. The van der Waals surface area contributed by atoms with E-state index < -0.39 is 17.8 Å². The van der Waals surface area contributed by atoms with Crippen LogP contribution < -0.4 is 15.1 Å². The Balaban J connectivity index is 1.72. The molecule has 2 atom stereocenters. The van der Waals surface area contributed by atoms with Crippen molar-refractivity contribution in [2.24, 2.45) is 0 Å². The number of hydroxylamine groups is 1. The molecule has 0 saturated carbocycles. The van der Waals surface area contributed by atoms with Crippen LogP contribution in [-0.2, 0) is 4.84 Å². The van der Waals surface area contributed by atoms with Crippen LogP contribution in [0.15, 0.2) is 24.5 Å². The van der Waals surface area contributed by atoms with Gasteiger partial charge in [-0.15, -0.1) is 0 Å². The quantitative estimate of drug-likeness (QED) is 0.594. The van der Waals surface area contributed by atoms with E-state index in [1.807, 2.05) is 6.07 Å². The predicted molar refractivity (Wildman–Crippen MR) is 100 cm³/mol. The Morgan fingerprint density at radius 2 is 2.30 bits per heavy atom. The van der Waals surface area contributed by atoms with Crippen LogP contribution in [0.4, 0.5) is 10.2 Å². The fourth-order valence-electron chi connectivity index (χ4n) is 3.65. The molecule has 0 spiro atoms. The van der Waals surface area contributed by atoms with Crippen molar-refractivity contribution in [2.45, 2.75) is 25.4 Å². The van der Waals surface area contributed by atoms with Gasteiger partial charge < -0.3 is 10.1 Å². The Bertz CT molecular complexity index is 1200. The van der Waals surface area contributed by atoms with Gasteiger partial charge in [0.25, 0.3) is 5.91 Å². The van der Waals surface area contributed by atoms with Crippen molar-refractivity contribution >= 4 is 17.4 Å². The largest absolute Gasteiger partial charge is 0.475 e. The van der Waals surface area contributed by atoms with Crippen LogP contribution in [0, 0.1) is 17.1 Å². The van der Waals surface area contributed by atoms with Crippen LogP contribution in [0.3, 0.4) is 0 Å². The third kappa shape index (κ3) is 2.89. The molecule has 2 aliphatic heterocycles. The Morgan fingerprint density at radius 3 is 3.13 bits per heavy atom. The molecule has 11 heteroatoms. The number of nitrogens with one attached hydrogen (secondary N) is 1. The van der Waals surface area contributed by atoms with E-state index in [1.54, 1.807) is 24.3 Å². The van der Waals surface area contributed by atoms with E-state index in [0.717, 1.165) is 6.20 Å². The second-order valence-corrected chi connectivity index (χ2v) is 7.09. The monoisotopic (exact) mass is 409 g/mol. The lowest BCUT2D eigenvalue weighted by Crippen LogP contribution is -2.37. The second-order valence-electron chi connectivity index (χ2n) is 7.09. The van der Waals surface area contributed by atoms with E-state index in [1.165, 1.54) is 10.6 Å². The second kappa shape index (κ2) is 6.93. The van der Waals surface area contributed by atoms with Gasteiger partial charge in [-0.2, -0.15) is 10.4 Å². The first-order valence-electron chi connectivity index (χ1n) is 9.36. The summed E-state index contributed by atoms with van der Waals surface area (Å²) in [5, 5.41) is 17.9. The lowest BCUT2D eigenvalue weighted by atomic mass is 10.1. The molecule has 10 nitrogen and oxygen atoms in total.